The molecular weight excluding hydrogens is 246 g/mol. The van der Waals surface area contributed by atoms with Gasteiger partial charge in [-0.1, -0.05) is 6.92 Å². The van der Waals surface area contributed by atoms with Crippen LogP contribution in [0.4, 0.5) is 0 Å². The van der Waals surface area contributed by atoms with Crippen LogP contribution >= 0.6 is 11.3 Å². The molecule has 0 fully saturated rings. The van der Waals surface area contributed by atoms with Crippen LogP contribution in [-0.4, -0.2) is 22.1 Å². The molecule has 92 valence electrons. The number of nitrogens with one attached hydrogen (secondary N) is 1. The summed E-state index contributed by atoms with van der Waals surface area (Å²) in [6.07, 6.45) is 1.01. The number of rotatable bonds is 3. The lowest BCUT2D eigenvalue weighted by atomic mass is 10.2. The summed E-state index contributed by atoms with van der Waals surface area (Å²) in [4.78, 5) is 13.4. The van der Waals surface area contributed by atoms with Crippen molar-refractivity contribution in [3.63, 3.8) is 0 Å². The fourth-order valence-corrected chi connectivity index (χ4v) is 2.86. The van der Waals surface area contributed by atoms with Gasteiger partial charge in [0.15, 0.2) is 11.5 Å². The number of ether oxygens (including phenoxy) is 1. The summed E-state index contributed by atoms with van der Waals surface area (Å²) in [6, 6.07) is 5.91. The zero-order valence-corrected chi connectivity index (χ0v) is 11.0. The summed E-state index contributed by atoms with van der Waals surface area (Å²) in [5.41, 5.74) is 2.94. The highest BCUT2D eigenvalue weighted by atomic mass is 32.1. The average Bonchev–Trinajstić information content (AvgIpc) is 3.03. The van der Waals surface area contributed by atoms with Gasteiger partial charge in [-0.3, -0.25) is 0 Å². The normalized spacial score (nSPS) is 11.0. The van der Waals surface area contributed by atoms with Crippen molar-refractivity contribution < 1.29 is 4.74 Å². The molecule has 0 amide bonds. The third kappa shape index (κ3) is 1.76. The summed E-state index contributed by atoms with van der Waals surface area (Å²) < 4.78 is 5.10. The maximum absolute atomic E-state index is 5.10. The van der Waals surface area contributed by atoms with E-state index in [-0.39, 0.29) is 0 Å². The highest BCUT2D eigenvalue weighted by Gasteiger charge is 2.11. The van der Waals surface area contributed by atoms with Crippen LogP contribution < -0.4 is 4.74 Å². The van der Waals surface area contributed by atoms with Crippen LogP contribution in [-0.2, 0) is 6.42 Å². The Morgan fingerprint density at radius 2 is 2.17 bits per heavy atom. The number of thiophene rings is 1. The zero-order chi connectivity index (χ0) is 12.5. The Bertz CT molecular complexity index is 686. The van der Waals surface area contributed by atoms with E-state index in [9.17, 15) is 0 Å². The third-order valence-electron chi connectivity index (χ3n) is 2.87. The maximum Gasteiger partial charge on any atom is 0.215 e. The van der Waals surface area contributed by atoms with Crippen molar-refractivity contribution in [2.24, 2.45) is 0 Å². The molecule has 1 N–H and O–H groups in total. The van der Waals surface area contributed by atoms with Crippen LogP contribution in [0.1, 0.15) is 12.5 Å². The molecular formula is C13H13N3OS. The van der Waals surface area contributed by atoms with Gasteiger partial charge in [-0.2, -0.15) is 4.98 Å². The molecule has 0 aromatic carbocycles. The molecule has 0 atom stereocenters. The van der Waals surface area contributed by atoms with Crippen molar-refractivity contribution in [2.75, 3.05) is 7.11 Å². The number of hydrogen-bond donors (Lipinski definition) is 1. The van der Waals surface area contributed by atoms with Crippen LogP contribution in [0, 0.1) is 0 Å². The maximum atomic E-state index is 5.10. The molecule has 3 rings (SSSR count). The summed E-state index contributed by atoms with van der Waals surface area (Å²) >= 11 is 1.70. The summed E-state index contributed by atoms with van der Waals surface area (Å²) in [5, 5.41) is 2.09. The van der Waals surface area contributed by atoms with Crippen molar-refractivity contribution in [2.45, 2.75) is 13.3 Å². The smallest absolute Gasteiger partial charge is 0.215 e. The Balaban J connectivity index is 2.13. The summed E-state index contributed by atoms with van der Waals surface area (Å²) in [5.74, 6) is 1.47. The van der Waals surface area contributed by atoms with Gasteiger partial charge in [0, 0.05) is 6.07 Å². The summed E-state index contributed by atoms with van der Waals surface area (Å²) in [7, 11) is 1.61. The number of pyridine rings is 1. The summed E-state index contributed by atoms with van der Waals surface area (Å²) in [6.45, 7) is 2.15. The molecule has 3 aromatic heterocycles. The molecule has 0 unspecified atom stereocenters. The first-order valence-electron chi connectivity index (χ1n) is 5.79. The number of imidazole rings is 1. The minimum absolute atomic E-state index is 0.586. The lowest BCUT2D eigenvalue weighted by Crippen LogP contribution is -1.86. The van der Waals surface area contributed by atoms with Crippen molar-refractivity contribution in [3.8, 4) is 16.6 Å². The van der Waals surface area contributed by atoms with Gasteiger partial charge in [-0.05, 0) is 29.5 Å². The second kappa shape index (κ2) is 4.42. The standard InChI is InChI=1S/C13H13N3OS/c1-3-8-6-7-18-11(8)13-14-9-4-5-10(17-2)15-12(9)16-13/h4-7H,3H2,1-2H3,(H,14,15,16). The molecule has 0 saturated carbocycles. The minimum Gasteiger partial charge on any atom is -0.481 e. The SMILES string of the molecule is CCc1ccsc1-c1nc2nc(OC)ccc2[nH]1. The number of nitrogens with zero attached hydrogens (tertiary/aromatic N) is 2. The quantitative estimate of drug-likeness (QED) is 0.785. The molecule has 0 aliphatic heterocycles. The fourth-order valence-electron chi connectivity index (χ4n) is 1.92. The highest BCUT2D eigenvalue weighted by Crippen LogP contribution is 2.29. The Kier molecular flexibility index (Phi) is 2.76. The van der Waals surface area contributed by atoms with Gasteiger partial charge in [0.2, 0.25) is 5.88 Å². The van der Waals surface area contributed by atoms with Crippen LogP contribution in [0.15, 0.2) is 23.6 Å². The Morgan fingerprint density at radius 1 is 1.28 bits per heavy atom. The van der Waals surface area contributed by atoms with Crippen molar-refractivity contribution in [3.05, 3.63) is 29.1 Å². The molecule has 0 saturated heterocycles. The van der Waals surface area contributed by atoms with Gasteiger partial charge >= 0.3 is 0 Å². The second-order valence-electron chi connectivity index (χ2n) is 3.94. The van der Waals surface area contributed by atoms with E-state index >= 15 is 0 Å². The van der Waals surface area contributed by atoms with Gasteiger partial charge in [-0.25, -0.2) is 4.98 Å². The van der Waals surface area contributed by atoms with E-state index in [2.05, 4.69) is 33.3 Å². The molecule has 0 bridgehead atoms. The van der Waals surface area contributed by atoms with E-state index in [1.165, 1.54) is 10.4 Å². The monoisotopic (exact) mass is 259 g/mol. The number of methoxy groups -OCH3 is 1. The van der Waals surface area contributed by atoms with E-state index in [1.807, 2.05) is 12.1 Å². The largest absolute Gasteiger partial charge is 0.481 e. The Morgan fingerprint density at radius 3 is 2.94 bits per heavy atom. The van der Waals surface area contributed by atoms with E-state index in [0.717, 1.165) is 17.8 Å². The lowest BCUT2D eigenvalue weighted by Gasteiger charge is -1.95. The number of hydrogen-bond acceptors (Lipinski definition) is 4. The molecule has 5 heteroatoms. The highest BCUT2D eigenvalue weighted by molar-refractivity contribution is 7.13. The average molecular weight is 259 g/mol. The van der Waals surface area contributed by atoms with Gasteiger partial charge < -0.3 is 9.72 Å². The lowest BCUT2D eigenvalue weighted by molar-refractivity contribution is 0.399. The third-order valence-corrected chi connectivity index (χ3v) is 3.84. The molecule has 3 aromatic rings. The number of aromatic amines is 1. The molecule has 0 aliphatic rings. The number of H-pyrrole nitrogens is 1. The van der Waals surface area contributed by atoms with Crippen LogP contribution in [0.25, 0.3) is 21.9 Å². The first kappa shape index (κ1) is 11.2. The zero-order valence-electron chi connectivity index (χ0n) is 10.2. The van der Waals surface area contributed by atoms with Crippen LogP contribution in [0.5, 0.6) is 5.88 Å². The molecule has 0 radical (unpaired) electrons. The molecule has 4 nitrogen and oxygen atoms in total. The predicted octanol–water partition coefficient (Wildman–Crippen LogP) is 3.26. The van der Waals surface area contributed by atoms with Gasteiger partial charge in [0.1, 0.15) is 0 Å². The van der Waals surface area contributed by atoms with E-state index in [1.54, 1.807) is 18.4 Å². The van der Waals surface area contributed by atoms with Crippen molar-refractivity contribution >= 4 is 22.5 Å². The topological polar surface area (TPSA) is 50.8 Å². The fraction of sp³-hybridized carbons (Fsp3) is 0.231. The molecule has 18 heavy (non-hydrogen) atoms. The van der Waals surface area contributed by atoms with Crippen molar-refractivity contribution in [1.29, 1.82) is 0 Å². The van der Waals surface area contributed by atoms with Gasteiger partial charge in [-0.15, -0.1) is 11.3 Å². The van der Waals surface area contributed by atoms with Crippen molar-refractivity contribution in [1.82, 2.24) is 15.0 Å². The first-order chi connectivity index (χ1) is 8.81. The molecule has 0 spiro atoms. The van der Waals surface area contributed by atoms with E-state index in [0.29, 0.717) is 11.5 Å². The van der Waals surface area contributed by atoms with E-state index in [4.69, 9.17) is 4.74 Å². The Hall–Kier alpha value is -1.88. The number of aromatic nitrogens is 3. The number of aryl methyl sites for hydroxylation is 1. The molecule has 0 aliphatic carbocycles. The van der Waals surface area contributed by atoms with E-state index < -0.39 is 0 Å². The van der Waals surface area contributed by atoms with Gasteiger partial charge in [0.25, 0.3) is 0 Å². The minimum atomic E-state index is 0.586. The second-order valence-corrected chi connectivity index (χ2v) is 4.85. The van der Waals surface area contributed by atoms with Gasteiger partial charge in [0.05, 0.1) is 17.5 Å². The predicted molar refractivity (Wildman–Crippen MR) is 73.1 cm³/mol. The Labute approximate surface area is 109 Å². The first-order valence-corrected chi connectivity index (χ1v) is 6.67. The van der Waals surface area contributed by atoms with Crippen LogP contribution in [0.3, 0.4) is 0 Å². The molecule has 3 heterocycles. The van der Waals surface area contributed by atoms with Crippen LogP contribution in [0.2, 0.25) is 0 Å². The number of fused-ring (bicyclic) bond motifs is 1.